The lowest BCUT2D eigenvalue weighted by Gasteiger charge is -2.09. The number of hydrogen-bond donors (Lipinski definition) is 1. The normalized spacial score (nSPS) is 15.1. The molecule has 0 saturated carbocycles. The van der Waals surface area contributed by atoms with Crippen molar-refractivity contribution in [1.29, 1.82) is 0 Å². The standard InChI is InChI=1S/C13H14F2N4/c14-9-6-8(11(16)7-10(9)15)13-18-17-12-4-2-1-3-5-19(12)13/h6-7H,1-5,16H2. The first-order chi connectivity index (χ1) is 9.16. The Labute approximate surface area is 109 Å². The maximum absolute atomic E-state index is 13.4. The van der Waals surface area contributed by atoms with Gasteiger partial charge >= 0.3 is 0 Å². The molecule has 0 radical (unpaired) electrons. The summed E-state index contributed by atoms with van der Waals surface area (Å²) in [5.74, 6) is -0.461. The summed E-state index contributed by atoms with van der Waals surface area (Å²) in [4.78, 5) is 0. The average molecular weight is 264 g/mol. The van der Waals surface area contributed by atoms with Crippen molar-refractivity contribution >= 4 is 5.69 Å². The molecule has 1 aliphatic heterocycles. The summed E-state index contributed by atoms with van der Waals surface area (Å²) in [6.45, 7) is 0.788. The van der Waals surface area contributed by atoms with Crippen LogP contribution in [0.3, 0.4) is 0 Å². The van der Waals surface area contributed by atoms with Gasteiger partial charge in [0, 0.05) is 30.3 Å². The van der Waals surface area contributed by atoms with Crippen molar-refractivity contribution in [2.24, 2.45) is 0 Å². The largest absolute Gasteiger partial charge is 0.398 e. The molecule has 0 atom stereocenters. The van der Waals surface area contributed by atoms with E-state index in [2.05, 4.69) is 10.2 Å². The molecule has 4 nitrogen and oxygen atoms in total. The van der Waals surface area contributed by atoms with Crippen LogP contribution in [-0.4, -0.2) is 14.8 Å². The molecule has 1 aromatic carbocycles. The molecule has 1 aromatic heterocycles. The van der Waals surface area contributed by atoms with E-state index in [0.717, 1.165) is 50.2 Å². The molecule has 0 saturated heterocycles. The highest BCUT2D eigenvalue weighted by molar-refractivity contribution is 5.71. The lowest BCUT2D eigenvalue weighted by atomic mass is 10.1. The molecule has 100 valence electrons. The number of aryl methyl sites for hydroxylation is 1. The first kappa shape index (κ1) is 12.1. The first-order valence-electron chi connectivity index (χ1n) is 6.34. The minimum absolute atomic E-state index is 0.179. The molecule has 2 aromatic rings. The summed E-state index contributed by atoms with van der Waals surface area (Å²) in [6.07, 6.45) is 4.10. The fourth-order valence-electron chi connectivity index (χ4n) is 2.44. The van der Waals surface area contributed by atoms with Crippen LogP contribution in [0.2, 0.25) is 0 Å². The molecule has 0 amide bonds. The van der Waals surface area contributed by atoms with E-state index >= 15 is 0 Å². The highest BCUT2D eigenvalue weighted by atomic mass is 19.2. The van der Waals surface area contributed by atoms with Gasteiger partial charge in [0.2, 0.25) is 0 Å². The Morgan fingerprint density at radius 1 is 1.05 bits per heavy atom. The average Bonchev–Trinajstić information content (AvgIpc) is 2.63. The van der Waals surface area contributed by atoms with Crippen molar-refractivity contribution in [3.05, 3.63) is 29.6 Å². The van der Waals surface area contributed by atoms with Crippen molar-refractivity contribution in [2.45, 2.75) is 32.2 Å². The van der Waals surface area contributed by atoms with Gasteiger partial charge in [0.15, 0.2) is 17.5 Å². The Bertz CT molecular complexity index is 621. The third-order valence-corrected chi connectivity index (χ3v) is 3.44. The van der Waals surface area contributed by atoms with Gasteiger partial charge in [-0.15, -0.1) is 10.2 Å². The Hall–Kier alpha value is -1.98. The number of fused-ring (bicyclic) bond motifs is 1. The zero-order valence-corrected chi connectivity index (χ0v) is 10.4. The molecule has 2 N–H and O–H groups in total. The second-order valence-electron chi connectivity index (χ2n) is 4.76. The Morgan fingerprint density at radius 2 is 1.84 bits per heavy atom. The van der Waals surface area contributed by atoms with Crippen LogP contribution in [0.1, 0.15) is 25.1 Å². The van der Waals surface area contributed by atoms with E-state index in [4.69, 9.17) is 5.73 Å². The molecule has 0 unspecified atom stereocenters. The molecule has 0 spiro atoms. The molecular formula is C13H14F2N4. The number of anilines is 1. The molecule has 2 heterocycles. The number of halogens is 2. The van der Waals surface area contributed by atoms with Gasteiger partial charge in [-0.05, 0) is 18.9 Å². The third-order valence-electron chi connectivity index (χ3n) is 3.44. The Balaban J connectivity index is 2.12. The predicted octanol–water partition coefficient (Wildman–Crippen LogP) is 2.53. The van der Waals surface area contributed by atoms with Gasteiger partial charge in [-0.25, -0.2) is 8.78 Å². The monoisotopic (exact) mass is 264 g/mol. The number of aromatic nitrogens is 3. The highest BCUT2D eigenvalue weighted by Crippen LogP contribution is 2.29. The van der Waals surface area contributed by atoms with Crippen molar-refractivity contribution in [2.75, 3.05) is 5.73 Å². The number of benzene rings is 1. The van der Waals surface area contributed by atoms with Gasteiger partial charge in [-0.1, -0.05) is 6.42 Å². The molecule has 0 aliphatic carbocycles. The van der Waals surface area contributed by atoms with Crippen molar-refractivity contribution in [1.82, 2.24) is 14.8 Å². The smallest absolute Gasteiger partial charge is 0.166 e. The topological polar surface area (TPSA) is 56.7 Å². The van der Waals surface area contributed by atoms with Crippen LogP contribution in [0.15, 0.2) is 12.1 Å². The van der Waals surface area contributed by atoms with Crippen LogP contribution >= 0.6 is 0 Å². The first-order valence-corrected chi connectivity index (χ1v) is 6.34. The van der Waals surface area contributed by atoms with Crippen LogP contribution in [0.5, 0.6) is 0 Å². The number of hydrogen-bond acceptors (Lipinski definition) is 3. The van der Waals surface area contributed by atoms with Crippen LogP contribution in [0, 0.1) is 11.6 Å². The summed E-state index contributed by atoms with van der Waals surface area (Å²) in [6, 6.07) is 2.08. The Kier molecular flexibility index (Phi) is 2.93. The van der Waals surface area contributed by atoms with E-state index in [1.54, 1.807) is 0 Å². The molecular weight excluding hydrogens is 250 g/mol. The zero-order chi connectivity index (χ0) is 13.4. The number of nitrogens with two attached hydrogens (primary N) is 1. The predicted molar refractivity (Wildman–Crippen MR) is 67.3 cm³/mol. The van der Waals surface area contributed by atoms with E-state index in [0.29, 0.717) is 11.4 Å². The Morgan fingerprint density at radius 3 is 2.68 bits per heavy atom. The van der Waals surface area contributed by atoms with E-state index in [1.165, 1.54) is 0 Å². The maximum Gasteiger partial charge on any atom is 0.166 e. The quantitative estimate of drug-likeness (QED) is 0.805. The number of nitrogen functional groups attached to an aromatic ring is 1. The van der Waals surface area contributed by atoms with Crippen LogP contribution in [0.25, 0.3) is 11.4 Å². The summed E-state index contributed by atoms with van der Waals surface area (Å²) >= 11 is 0. The number of nitrogens with zero attached hydrogens (tertiary/aromatic N) is 3. The minimum Gasteiger partial charge on any atom is -0.398 e. The second-order valence-corrected chi connectivity index (χ2v) is 4.76. The SMILES string of the molecule is Nc1cc(F)c(F)cc1-c1nnc2n1CCCCC2. The molecule has 1 aliphatic rings. The van der Waals surface area contributed by atoms with Gasteiger partial charge < -0.3 is 10.3 Å². The summed E-state index contributed by atoms with van der Waals surface area (Å²) in [5.41, 5.74) is 6.35. The molecule has 6 heteroatoms. The highest BCUT2D eigenvalue weighted by Gasteiger charge is 2.19. The third kappa shape index (κ3) is 2.07. The number of rotatable bonds is 1. The molecule has 19 heavy (non-hydrogen) atoms. The van der Waals surface area contributed by atoms with Crippen LogP contribution < -0.4 is 5.73 Å². The van der Waals surface area contributed by atoms with E-state index < -0.39 is 11.6 Å². The summed E-state index contributed by atoms with van der Waals surface area (Å²) in [7, 11) is 0. The van der Waals surface area contributed by atoms with Gasteiger partial charge in [0.1, 0.15) is 5.82 Å². The van der Waals surface area contributed by atoms with Crippen LogP contribution in [-0.2, 0) is 13.0 Å². The fraction of sp³-hybridized carbons (Fsp3) is 0.385. The van der Waals surface area contributed by atoms with Gasteiger partial charge in [0.25, 0.3) is 0 Å². The zero-order valence-electron chi connectivity index (χ0n) is 10.4. The molecule has 0 bridgehead atoms. The van der Waals surface area contributed by atoms with Crippen LogP contribution in [0.4, 0.5) is 14.5 Å². The summed E-state index contributed by atoms with van der Waals surface area (Å²) < 4.78 is 28.4. The van der Waals surface area contributed by atoms with E-state index in [-0.39, 0.29) is 5.69 Å². The van der Waals surface area contributed by atoms with Gasteiger partial charge in [-0.2, -0.15) is 0 Å². The maximum atomic E-state index is 13.4. The minimum atomic E-state index is -0.947. The van der Waals surface area contributed by atoms with Gasteiger partial charge in [0.05, 0.1) is 0 Å². The van der Waals surface area contributed by atoms with Crippen molar-refractivity contribution in [3.63, 3.8) is 0 Å². The van der Waals surface area contributed by atoms with Crippen molar-refractivity contribution in [3.8, 4) is 11.4 Å². The second kappa shape index (κ2) is 4.60. The van der Waals surface area contributed by atoms with E-state index in [9.17, 15) is 8.78 Å². The molecule has 0 fully saturated rings. The lowest BCUT2D eigenvalue weighted by Crippen LogP contribution is -2.05. The fourth-order valence-corrected chi connectivity index (χ4v) is 2.44. The van der Waals surface area contributed by atoms with E-state index in [1.807, 2.05) is 4.57 Å². The van der Waals surface area contributed by atoms with Crippen molar-refractivity contribution < 1.29 is 8.78 Å². The molecule has 3 rings (SSSR count). The lowest BCUT2D eigenvalue weighted by molar-refractivity contribution is 0.509. The van der Waals surface area contributed by atoms with Gasteiger partial charge in [-0.3, -0.25) is 0 Å². The summed E-state index contributed by atoms with van der Waals surface area (Å²) in [5, 5.41) is 8.21.